The van der Waals surface area contributed by atoms with Gasteiger partial charge in [-0.2, -0.15) is 13.2 Å². The van der Waals surface area contributed by atoms with Gasteiger partial charge in [0.2, 0.25) is 0 Å². The summed E-state index contributed by atoms with van der Waals surface area (Å²) >= 11 is 5.13. The van der Waals surface area contributed by atoms with Crippen LogP contribution in [0.2, 0.25) is 0 Å². The standard InChI is InChI=1S/C15H20F3N3OS/c16-15(17,18)12-2-4-13(5-3-12)20-14(23)19-6-1-7-21-8-10-22-11-9-21/h2-5H,1,6-11H2,(H2,19,20,23). The molecule has 128 valence electrons. The van der Waals surface area contributed by atoms with Gasteiger partial charge < -0.3 is 15.4 Å². The maximum atomic E-state index is 12.5. The monoisotopic (exact) mass is 347 g/mol. The number of thiocarbonyl (C=S) groups is 1. The lowest BCUT2D eigenvalue weighted by Gasteiger charge is -2.26. The van der Waals surface area contributed by atoms with Crippen molar-refractivity contribution in [1.82, 2.24) is 10.2 Å². The van der Waals surface area contributed by atoms with E-state index in [1.54, 1.807) is 0 Å². The molecule has 1 heterocycles. The van der Waals surface area contributed by atoms with Crippen molar-refractivity contribution in [1.29, 1.82) is 0 Å². The minimum atomic E-state index is -4.32. The first kappa shape index (κ1) is 18.0. The van der Waals surface area contributed by atoms with E-state index in [4.69, 9.17) is 17.0 Å². The number of morpholine rings is 1. The molecule has 0 bridgehead atoms. The number of ether oxygens (including phenoxy) is 1. The Kier molecular flexibility index (Phi) is 6.61. The van der Waals surface area contributed by atoms with Crippen LogP contribution in [0.3, 0.4) is 0 Å². The molecular weight excluding hydrogens is 327 g/mol. The fourth-order valence-electron chi connectivity index (χ4n) is 2.25. The molecule has 1 fully saturated rings. The third-order valence-corrected chi connectivity index (χ3v) is 3.76. The van der Waals surface area contributed by atoms with Crippen LogP contribution in [0.4, 0.5) is 18.9 Å². The summed E-state index contributed by atoms with van der Waals surface area (Å²) < 4.78 is 42.7. The summed E-state index contributed by atoms with van der Waals surface area (Å²) in [5.74, 6) is 0. The Labute approximate surface area is 139 Å². The van der Waals surface area contributed by atoms with Crippen LogP contribution in [0.5, 0.6) is 0 Å². The van der Waals surface area contributed by atoms with Crippen molar-refractivity contribution in [2.24, 2.45) is 0 Å². The van der Waals surface area contributed by atoms with Crippen molar-refractivity contribution >= 4 is 23.0 Å². The maximum Gasteiger partial charge on any atom is 0.416 e. The van der Waals surface area contributed by atoms with E-state index in [0.717, 1.165) is 51.4 Å². The highest BCUT2D eigenvalue weighted by Crippen LogP contribution is 2.29. The minimum absolute atomic E-state index is 0.409. The van der Waals surface area contributed by atoms with Gasteiger partial charge in [0.1, 0.15) is 0 Å². The Morgan fingerprint density at radius 3 is 2.43 bits per heavy atom. The lowest BCUT2D eigenvalue weighted by atomic mass is 10.2. The van der Waals surface area contributed by atoms with Gasteiger partial charge in [0.05, 0.1) is 18.8 Å². The molecule has 1 aromatic carbocycles. The predicted molar refractivity (Wildman–Crippen MR) is 87.5 cm³/mol. The molecule has 0 amide bonds. The van der Waals surface area contributed by atoms with Gasteiger partial charge in [-0.15, -0.1) is 0 Å². The summed E-state index contributed by atoms with van der Waals surface area (Å²) in [4.78, 5) is 2.33. The number of nitrogens with one attached hydrogen (secondary N) is 2. The first-order chi connectivity index (χ1) is 10.9. The molecule has 2 N–H and O–H groups in total. The molecule has 0 aliphatic carbocycles. The third-order valence-electron chi connectivity index (χ3n) is 3.51. The van der Waals surface area contributed by atoms with Crippen molar-refractivity contribution in [2.45, 2.75) is 12.6 Å². The molecule has 1 aliphatic heterocycles. The quantitative estimate of drug-likeness (QED) is 0.633. The minimum Gasteiger partial charge on any atom is -0.379 e. The Hall–Kier alpha value is -1.38. The fraction of sp³-hybridized carbons (Fsp3) is 0.533. The van der Waals surface area contributed by atoms with Gasteiger partial charge in [-0.1, -0.05) is 0 Å². The zero-order chi connectivity index (χ0) is 16.7. The van der Waals surface area contributed by atoms with E-state index in [2.05, 4.69) is 15.5 Å². The molecule has 0 radical (unpaired) electrons. The number of hydrogen-bond donors (Lipinski definition) is 2. The highest BCUT2D eigenvalue weighted by Gasteiger charge is 2.29. The topological polar surface area (TPSA) is 36.5 Å². The van der Waals surface area contributed by atoms with E-state index in [9.17, 15) is 13.2 Å². The van der Waals surface area contributed by atoms with Crippen LogP contribution in [-0.4, -0.2) is 49.4 Å². The van der Waals surface area contributed by atoms with Crippen molar-refractivity contribution in [2.75, 3.05) is 44.7 Å². The van der Waals surface area contributed by atoms with E-state index in [-0.39, 0.29) is 0 Å². The molecule has 0 spiro atoms. The lowest BCUT2D eigenvalue weighted by molar-refractivity contribution is -0.137. The summed E-state index contributed by atoms with van der Waals surface area (Å²) in [5, 5.41) is 6.34. The van der Waals surface area contributed by atoms with E-state index in [1.807, 2.05) is 0 Å². The van der Waals surface area contributed by atoms with Crippen LogP contribution in [0.25, 0.3) is 0 Å². The SMILES string of the molecule is FC(F)(F)c1ccc(NC(=S)NCCCN2CCOCC2)cc1. The number of benzene rings is 1. The van der Waals surface area contributed by atoms with Crippen LogP contribution >= 0.6 is 12.2 Å². The van der Waals surface area contributed by atoms with Crippen molar-refractivity contribution < 1.29 is 17.9 Å². The molecule has 0 saturated carbocycles. The van der Waals surface area contributed by atoms with Gasteiger partial charge in [-0.3, -0.25) is 4.90 Å². The van der Waals surface area contributed by atoms with Crippen LogP contribution in [0.1, 0.15) is 12.0 Å². The average Bonchev–Trinajstić information content (AvgIpc) is 2.52. The van der Waals surface area contributed by atoms with Gasteiger partial charge in [0.15, 0.2) is 5.11 Å². The Balaban J connectivity index is 1.66. The zero-order valence-electron chi connectivity index (χ0n) is 12.7. The van der Waals surface area contributed by atoms with Crippen LogP contribution < -0.4 is 10.6 Å². The highest BCUT2D eigenvalue weighted by molar-refractivity contribution is 7.80. The molecule has 1 saturated heterocycles. The molecule has 0 aromatic heterocycles. The smallest absolute Gasteiger partial charge is 0.379 e. The zero-order valence-corrected chi connectivity index (χ0v) is 13.5. The van der Waals surface area contributed by atoms with Crippen LogP contribution in [0.15, 0.2) is 24.3 Å². The number of halogens is 3. The van der Waals surface area contributed by atoms with Crippen LogP contribution in [-0.2, 0) is 10.9 Å². The number of hydrogen-bond acceptors (Lipinski definition) is 3. The molecule has 2 rings (SSSR count). The van der Waals surface area contributed by atoms with Crippen molar-refractivity contribution in [3.63, 3.8) is 0 Å². The van der Waals surface area contributed by atoms with Gasteiger partial charge in [-0.25, -0.2) is 0 Å². The highest BCUT2D eigenvalue weighted by atomic mass is 32.1. The van der Waals surface area contributed by atoms with E-state index >= 15 is 0 Å². The fourth-order valence-corrected chi connectivity index (χ4v) is 2.47. The summed E-state index contributed by atoms with van der Waals surface area (Å²) in [7, 11) is 0. The van der Waals surface area contributed by atoms with Crippen LogP contribution in [0, 0.1) is 0 Å². The molecule has 0 unspecified atom stereocenters. The largest absolute Gasteiger partial charge is 0.416 e. The summed E-state index contributed by atoms with van der Waals surface area (Å²) in [6.45, 7) is 5.15. The number of rotatable bonds is 5. The predicted octanol–water partition coefficient (Wildman–Crippen LogP) is 2.71. The van der Waals surface area contributed by atoms with Gasteiger partial charge >= 0.3 is 6.18 Å². The lowest BCUT2D eigenvalue weighted by Crippen LogP contribution is -2.38. The number of nitrogens with zero attached hydrogens (tertiary/aromatic N) is 1. The molecule has 1 aliphatic rings. The Morgan fingerprint density at radius 2 is 1.83 bits per heavy atom. The molecular formula is C15H20F3N3OS. The van der Waals surface area contributed by atoms with E-state index in [0.29, 0.717) is 17.3 Å². The Bertz CT molecular complexity index is 502. The summed E-state index contributed by atoms with van der Waals surface area (Å²) in [6.07, 6.45) is -3.38. The third kappa shape index (κ3) is 6.32. The average molecular weight is 347 g/mol. The van der Waals surface area contributed by atoms with E-state index < -0.39 is 11.7 Å². The van der Waals surface area contributed by atoms with Gasteiger partial charge in [-0.05, 0) is 49.4 Å². The molecule has 23 heavy (non-hydrogen) atoms. The Morgan fingerprint density at radius 1 is 1.17 bits per heavy atom. The second-order valence-electron chi connectivity index (χ2n) is 5.26. The summed E-state index contributed by atoms with van der Waals surface area (Å²) in [6, 6.07) is 4.79. The first-order valence-electron chi connectivity index (χ1n) is 7.47. The molecule has 0 atom stereocenters. The molecule has 4 nitrogen and oxygen atoms in total. The summed E-state index contributed by atoms with van der Waals surface area (Å²) in [5.41, 5.74) is -0.142. The molecule has 8 heteroatoms. The van der Waals surface area contributed by atoms with Crippen molar-refractivity contribution in [3.8, 4) is 0 Å². The van der Waals surface area contributed by atoms with Crippen molar-refractivity contribution in [3.05, 3.63) is 29.8 Å². The second kappa shape index (κ2) is 8.47. The van der Waals surface area contributed by atoms with Gasteiger partial charge in [0, 0.05) is 25.3 Å². The maximum absolute atomic E-state index is 12.5. The normalized spacial score (nSPS) is 16.1. The first-order valence-corrected chi connectivity index (χ1v) is 7.88. The second-order valence-corrected chi connectivity index (χ2v) is 5.67. The van der Waals surface area contributed by atoms with E-state index in [1.165, 1.54) is 12.1 Å². The van der Waals surface area contributed by atoms with Gasteiger partial charge in [0.25, 0.3) is 0 Å². The molecule has 1 aromatic rings. The number of alkyl halides is 3. The number of anilines is 1.